The van der Waals surface area contributed by atoms with Gasteiger partial charge in [0.15, 0.2) is 0 Å². The molecule has 1 amide bonds. The second-order valence-electron chi connectivity index (χ2n) is 6.55. The van der Waals surface area contributed by atoms with Crippen LogP contribution in [-0.4, -0.2) is 63.0 Å². The highest BCUT2D eigenvalue weighted by Gasteiger charge is 2.38. The number of rotatable bonds is 5. The van der Waals surface area contributed by atoms with Crippen molar-refractivity contribution in [3.8, 4) is 0 Å². The number of β-amino-alcohol motifs (C(OH)–C–C–N with tert-alkyl or cyclic N) is 1. The second-order valence-corrected chi connectivity index (χ2v) is 6.55. The highest BCUT2D eigenvalue weighted by atomic mass is 16.3. The maximum absolute atomic E-state index is 12.3. The first-order valence-corrected chi connectivity index (χ1v) is 8.07. The van der Waals surface area contributed by atoms with E-state index in [1.54, 1.807) is 29.0 Å². The van der Waals surface area contributed by atoms with Crippen molar-refractivity contribution in [3.05, 3.63) is 42.4 Å². The van der Waals surface area contributed by atoms with Crippen LogP contribution >= 0.6 is 0 Å². The number of aromatic nitrogens is 3. The quantitative estimate of drug-likeness (QED) is 0.873. The number of anilines is 1. The normalized spacial score (nSPS) is 20.4. The third-order valence-corrected chi connectivity index (χ3v) is 4.32. The minimum absolute atomic E-state index is 0.0668. The van der Waals surface area contributed by atoms with Crippen LogP contribution in [0.2, 0.25) is 0 Å². The lowest BCUT2D eigenvalue weighted by atomic mass is 10.0. The molecule has 0 saturated carbocycles. The Labute approximate surface area is 141 Å². The third kappa shape index (κ3) is 3.73. The van der Waals surface area contributed by atoms with Crippen LogP contribution in [0.1, 0.15) is 12.0 Å². The monoisotopic (exact) mass is 329 g/mol. The van der Waals surface area contributed by atoms with E-state index < -0.39 is 5.60 Å². The second kappa shape index (κ2) is 6.60. The van der Waals surface area contributed by atoms with Crippen LogP contribution in [-0.2, 0) is 11.3 Å². The zero-order valence-electron chi connectivity index (χ0n) is 14.1. The van der Waals surface area contributed by atoms with Crippen LogP contribution in [0.25, 0.3) is 0 Å². The van der Waals surface area contributed by atoms with Gasteiger partial charge in [-0.15, -0.1) is 0 Å². The van der Waals surface area contributed by atoms with Crippen molar-refractivity contribution in [1.29, 1.82) is 0 Å². The molecule has 1 aliphatic rings. The van der Waals surface area contributed by atoms with Gasteiger partial charge in [0.25, 0.3) is 0 Å². The van der Waals surface area contributed by atoms with Gasteiger partial charge in [0.1, 0.15) is 18.0 Å². The maximum atomic E-state index is 12.3. The Morgan fingerprint density at radius 1 is 1.46 bits per heavy atom. The van der Waals surface area contributed by atoms with Crippen LogP contribution in [0.5, 0.6) is 0 Å². The Bertz CT molecular complexity index is 702. The first kappa shape index (κ1) is 16.4. The molecule has 3 heterocycles. The molecule has 2 aromatic heterocycles. The largest absolute Gasteiger partial charge is 0.386 e. The summed E-state index contributed by atoms with van der Waals surface area (Å²) in [4.78, 5) is 20.3. The molecule has 1 saturated heterocycles. The molecule has 1 aliphatic heterocycles. The molecule has 1 N–H and O–H groups in total. The Morgan fingerprint density at radius 2 is 2.29 bits per heavy atom. The van der Waals surface area contributed by atoms with Gasteiger partial charge >= 0.3 is 0 Å². The smallest absolute Gasteiger partial charge is 0.244 e. The van der Waals surface area contributed by atoms with E-state index in [-0.39, 0.29) is 12.5 Å². The first-order chi connectivity index (χ1) is 11.5. The predicted molar refractivity (Wildman–Crippen MR) is 90.6 cm³/mol. The minimum atomic E-state index is -0.915. The molecule has 1 fully saturated rings. The molecule has 0 radical (unpaired) electrons. The van der Waals surface area contributed by atoms with Crippen molar-refractivity contribution in [2.24, 2.45) is 0 Å². The van der Waals surface area contributed by atoms with Crippen molar-refractivity contribution in [2.75, 3.05) is 31.6 Å². The summed E-state index contributed by atoms with van der Waals surface area (Å²) in [6.07, 6.45) is 5.91. The van der Waals surface area contributed by atoms with Gasteiger partial charge in [-0.2, -0.15) is 5.10 Å². The van der Waals surface area contributed by atoms with Gasteiger partial charge < -0.3 is 14.9 Å². The summed E-state index contributed by atoms with van der Waals surface area (Å²) in [7, 11) is 1.72. The van der Waals surface area contributed by atoms with Crippen molar-refractivity contribution >= 4 is 11.7 Å². The summed E-state index contributed by atoms with van der Waals surface area (Å²) in [5.74, 6) is 0.789. The van der Waals surface area contributed by atoms with E-state index >= 15 is 0 Å². The van der Waals surface area contributed by atoms with Crippen LogP contribution in [0, 0.1) is 6.92 Å². The highest BCUT2D eigenvalue weighted by molar-refractivity contribution is 5.75. The fourth-order valence-electron chi connectivity index (χ4n) is 3.06. The van der Waals surface area contributed by atoms with E-state index in [1.165, 1.54) is 0 Å². The van der Waals surface area contributed by atoms with Crippen LogP contribution in [0.15, 0.2) is 36.8 Å². The number of pyridine rings is 1. The van der Waals surface area contributed by atoms with E-state index in [1.807, 2.05) is 31.3 Å². The van der Waals surface area contributed by atoms with E-state index in [4.69, 9.17) is 0 Å². The average molecular weight is 329 g/mol. The van der Waals surface area contributed by atoms with Gasteiger partial charge in [0, 0.05) is 32.5 Å². The number of carbonyl (C=O) groups is 1. The number of aryl methyl sites for hydroxylation is 1. The Kier molecular flexibility index (Phi) is 4.53. The molecule has 2 aromatic rings. The molecular weight excluding hydrogens is 306 g/mol. The summed E-state index contributed by atoms with van der Waals surface area (Å²) in [5, 5.41) is 15.0. The van der Waals surface area contributed by atoms with Crippen LogP contribution in [0.4, 0.5) is 5.82 Å². The van der Waals surface area contributed by atoms with Gasteiger partial charge in [-0.3, -0.25) is 9.48 Å². The number of hydrogen-bond donors (Lipinski definition) is 1. The summed E-state index contributed by atoms with van der Waals surface area (Å²) in [5.41, 5.74) is 0.105. The molecule has 128 valence electrons. The number of amides is 1. The third-order valence-electron chi connectivity index (χ3n) is 4.32. The molecule has 7 nitrogen and oxygen atoms in total. The van der Waals surface area contributed by atoms with Crippen molar-refractivity contribution in [2.45, 2.75) is 25.5 Å². The Morgan fingerprint density at radius 3 is 2.96 bits per heavy atom. The molecule has 1 atom stereocenters. The van der Waals surface area contributed by atoms with E-state index in [0.29, 0.717) is 19.5 Å². The first-order valence-electron chi connectivity index (χ1n) is 8.07. The standard InChI is InChI=1S/C17H23N5O2/c1-14-9-19-22(10-14)11-16(23)20(2)12-17(24)6-8-21(13-17)15-5-3-4-7-18-15/h3-5,7,9-10,24H,6,8,11-13H2,1-2H3. The summed E-state index contributed by atoms with van der Waals surface area (Å²) in [6, 6.07) is 5.73. The summed E-state index contributed by atoms with van der Waals surface area (Å²) in [6.45, 7) is 3.63. The molecule has 1 unspecified atom stereocenters. The predicted octanol–water partition coefficient (Wildman–Crippen LogP) is 0.686. The summed E-state index contributed by atoms with van der Waals surface area (Å²) >= 11 is 0. The zero-order chi connectivity index (χ0) is 17.2. The zero-order valence-corrected chi connectivity index (χ0v) is 14.1. The number of hydrogen-bond acceptors (Lipinski definition) is 5. The van der Waals surface area contributed by atoms with Crippen molar-refractivity contribution < 1.29 is 9.90 Å². The Balaban J connectivity index is 1.57. The van der Waals surface area contributed by atoms with E-state index in [0.717, 1.165) is 17.9 Å². The van der Waals surface area contributed by atoms with Crippen LogP contribution < -0.4 is 4.90 Å². The molecular formula is C17H23N5O2. The lowest BCUT2D eigenvalue weighted by molar-refractivity contribution is -0.133. The topological polar surface area (TPSA) is 74.5 Å². The molecule has 0 bridgehead atoms. The van der Waals surface area contributed by atoms with Gasteiger partial charge in [-0.1, -0.05) is 6.07 Å². The highest BCUT2D eigenvalue weighted by Crippen LogP contribution is 2.26. The lowest BCUT2D eigenvalue weighted by Gasteiger charge is -2.29. The SMILES string of the molecule is Cc1cnn(CC(=O)N(C)CC2(O)CCN(c3ccccn3)C2)c1. The Hall–Kier alpha value is -2.41. The number of nitrogens with zero attached hydrogens (tertiary/aromatic N) is 5. The maximum Gasteiger partial charge on any atom is 0.244 e. The molecule has 0 spiro atoms. The lowest BCUT2D eigenvalue weighted by Crippen LogP contribution is -2.46. The van der Waals surface area contributed by atoms with E-state index in [2.05, 4.69) is 15.0 Å². The molecule has 3 rings (SSSR count). The molecule has 7 heteroatoms. The average Bonchev–Trinajstić information content (AvgIpc) is 3.14. The summed E-state index contributed by atoms with van der Waals surface area (Å²) < 4.78 is 1.62. The van der Waals surface area contributed by atoms with E-state index in [9.17, 15) is 9.90 Å². The molecule has 24 heavy (non-hydrogen) atoms. The number of likely N-dealkylation sites (N-methyl/N-ethyl adjacent to an activating group) is 1. The number of carbonyl (C=O) groups excluding carboxylic acids is 1. The van der Waals surface area contributed by atoms with Gasteiger partial charge in [0.2, 0.25) is 5.91 Å². The fraction of sp³-hybridized carbons (Fsp3) is 0.471. The van der Waals surface area contributed by atoms with Crippen LogP contribution in [0.3, 0.4) is 0 Å². The number of aliphatic hydroxyl groups is 1. The molecule has 0 aromatic carbocycles. The van der Waals surface area contributed by atoms with Crippen molar-refractivity contribution in [1.82, 2.24) is 19.7 Å². The van der Waals surface area contributed by atoms with Gasteiger partial charge in [-0.25, -0.2) is 4.98 Å². The van der Waals surface area contributed by atoms with Crippen molar-refractivity contribution in [3.63, 3.8) is 0 Å². The van der Waals surface area contributed by atoms with Gasteiger partial charge in [0.05, 0.1) is 12.7 Å². The van der Waals surface area contributed by atoms with Gasteiger partial charge in [-0.05, 0) is 31.0 Å². The fourth-order valence-corrected chi connectivity index (χ4v) is 3.06. The molecule has 0 aliphatic carbocycles. The minimum Gasteiger partial charge on any atom is -0.386 e.